The molecular weight excluding hydrogens is 221 g/mol. The van der Waals surface area contributed by atoms with Gasteiger partial charge in [-0.1, -0.05) is 19.1 Å². The Kier molecular flexibility index (Phi) is 4.23. The van der Waals surface area contributed by atoms with E-state index in [1.807, 2.05) is 0 Å². The molecule has 0 bridgehead atoms. The molecule has 0 radical (unpaired) electrons. The smallest absolute Gasteiger partial charge is 0.254 e. The second kappa shape index (κ2) is 5.27. The van der Waals surface area contributed by atoms with Crippen molar-refractivity contribution in [3.8, 4) is 0 Å². The van der Waals surface area contributed by atoms with Crippen LogP contribution in [0.2, 0.25) is 0 Å². The SMILES string of the molecule is CCC(C)(O)C(=O)N(C)Cc1cccc(F)c1. The van der Waals surface area contributed by atoms with Crippen molar-refractivity contribution >= 4 is 5.91 Å². The molecule has 94 valence electrons. The maximum atomic E-state index is 13.0. The van der Waals surface area contributed by atoms with E-state index < -0.39 is 5.60 Å². The predicted molar refractivity (Wildman–Crippen MR) is 63.8 cm³/mol. The van der Waals surface area contributed by atoms with E-state index in [2.05, 4.69) is 0 Å². The van der Waals surface area contributed by atoms with Crippen LogP contribution in [0, 0.1) is 5.82 Å². The van der Waals surface area contributed by atoms with E-state index in [-0.39, 0.29) is 18.3 Å². The van der Waals surface area contributed by atoms with Crippen LogP contribution in [0.3, 0.4) is 0 Å². The van der Waals surface area contributed by atoms with Crippen LogP contribution in [0.1, 0.15) is 25.8 Å². The molecule has 0 fully saturated rings. The molecule has 1 aromatic rings. The summed E-state index contributed by atoms with van der Waals surface area (Å²) in [5, 5.41) is 9.83. The van der Waals surface area contributed by atoms with Crippen molar-refractivity contribution in [2.45, 2.75) is 32.4 Å². The maximum absolute atomic E-state index is 13.0. The maximum Gasteiger partial charge on any atom is 0.254 e. The first-order valence-corrected chi connectivity index (χ1v) is 5.59. The lowest BCUT2D eigenvalue weighted by molar-refractivity contribution is -0.149. The van der Waals surface area contributed by atoms with Gasteiger partial charge in [0.25, 0.3) is 5.91 Å². The summed E-state index contributed by atoms with van der Waals surface area (Å²) in [6, 6.07) is 6.08. The minimum atomic E-state index is -1.36. The zero-order valence-electron chi connectivity index (χ0n) is 10.4. The Bertz CT molecular complexity index is 404. The third kappa shape index (κ3) is 3.53. The summed E-state index contributed by atoms with van der Waals surface area (Å²) in [4.78, 5) is 13.3. The second-order valence-corrected chi connectivity index (χ2v) is 4.42. The molecule has 1 N–H and O–H groups in total. The van der Waals surface area contributed by atoms with Crippen LogP contribution in [0.15, 0.2) is 24.3 Å². The van der Waals surface area contributed by atoms with Gasteiger partial charge in [0.05, 0.1) is 0 Å². The topological polar surface area (TPSA) is 40.5 Å². The molecule has 0 spiro atoms. The Hall–Kier alpha value is -1.42. The first-order valence-electron chi connectivity index (χ1n) is 5.59. The van der Waals surface area contributed by atoms with E-state index in [0.717, 1.165) is 0 Å². The number of carbonyl (C=O) groups excluding carboxylic acids is 1. The number of carbonyl (C=O) groups is 1. The Morgan fingerprint density at radius 3 is 2.71 bits per heavy atom. The van der Waals surface area contributed by atoms with Crippen molar-refractivity contribution in [1.82, 2.24) is 4.90 Å². The Morgan fingerprint density at radius 1 is 1.53 bits per heavy atom. The fourth-order valence-corrected chi connectivity index (χ4v) is 1.54. The highest BCUT2D eigenvalue weighted by molar-refractivity contribution is 5.84. The summed E-state index contributed by atoms with van der Waals surface area (Å²) in [5.74, 6) is -0.685. The number of amides is 1. The highest BCUT2D eigenvalue weighted by Crippen LogP contribution is 2.14. The lowest BCUT2D eigenvalue weighted by atomic mass is 10.0. The molecule has 1 rings (SSSR count). The van der Waals surface area contributed by atoms with Gasteiger partial charge in [-0.25, -0.2) is 4.39 Å². The summed E-state index contributed by atoms with van der Waals surface area (Å²) >= 11 is 0. The van der Waals surface area contributed by atoms with Gasteiger partial charge >= 0.3 is 0 Å². The summed E-state index contributed by atoms with van der Waals surface area (Å²) < 4.78 is 13.0. The summed E-state index contributed by atoms with van der Waals surface area (Å²) in [6.45, 7) is 3.51. The van der Waals surface area contributed by atoms with Gasteiger partial charge in [0.15, 0.2) is 0 Å². The van der Waals surface area contributed by atoms with Gasteiger partial charge in [0.1, 0.15) is 11.4 Å². The van der Waals surface area contributed by atoms with E-state index in [9.17, 15) is 14.3 Å². The third-order valence-corrected chi connectivity index (χ3v) is 2.80. The average molecular weight is 239 g/mol. The molecule has 0 aliphatic rings. The molecule has 1 amide bonds. The van der Waals surface area contributed by atoms with E-state index >= 15 is 0 Å². The molecule has 0 saturated heterocycles. The first kappa shape index (κ1) is 13.6. The van der Waals surface area contributed by atoms with E-state index in [1.165, 1.54) is 24.0 Å². The van der Waals surface area contributed by atoms with Crippen molar-refractivity contribution in [3.05, 3.63) is 35.6 Å². The van der Waals surface area contributed by atoms with Crippen LogP contribution in [-0.2, 0) is 11.3 Å². The first-order chi connectivity index (χ1) is 7.86. The largest absolute Gasteiger partial charge is 0.380 e. The third-order valence-electron chi connectivity index (χ3n) is 2.80. The van der Waals surface area contributed by atoms with Crippen LogP contribution >= 0.6 is 0 Å². The molecule has 0 aliphatic heterocycles. The van der Waals surface area contributed by atoms with Gasteiger partial charge in [-0.15, -0.1) is 0 Å². The van der Waals surface area contributed by atoms with Crippen molar-refractivity contribution in [3.63, 3.8) is 0 Å². The number of halogens is 1. The number of rotatable bonds is 4. The number of benzene rings is 1. The molecule has 4 heteroatoms. The number of likely N-dealkylation sites (N-methyl/N-ethyl adjacent to an activating group) is 1. The minimum Gasteiger partial charge on any atom is -0.380 e. The van der Waals surface area contributed by atoms with E-state index in [1.54, 1.807) is 26.1 Å². The van der Waals surface area contributed by atoms with Crippen LogP contribution in [0.4, 0.5) is 4.39 Å². The summed E-state index contributed by atoms with van der Waals surface area (Å²) in [6.07, 6.45) is 0.347. The van der Waals surface area contributed by atoms with Gasteiger partial charge in [0.2, 0.25) is 0 Å². The fraction of sp³-hybridized carbons (Fsp3) is 0.462. The van der Waals surface area contributed by atoms with Gasteiger partial charge in [-0.05, 0) is 31.0 Å². The summed E-state index contributed by atoms with van der Waals surface area (Å²) in [5.41, 5.74) is -0.657. The second-order valence-electron chi connectivity index (χ2n) is 4.42. The van der Waals surface area contributed by atoms with E-state index in [0.29, 0.717) is 12.0 Å². The highest BCUT2D eigenvalue weighted by atomic mass is 19.1. The quantitative estimate of drug-likeness (QED) is 0.872. The minimum absolute atomic E-state index is 0.284. The average Bonchev–Trinajstić information content (AvgIpc) is 2.28. The molecular formula is C13H18FNO2. The number of nitrogens with zero attached hydrogens (tertiary/aromatic N) is 1. The lowest BCUT2D eigenvalue weighted by Crippen LogP contribution is -2.44. The predicted octanol–water partition coefficient (Wildman–Crippen LogP) is 1.95. The Balaban J connectivity index is 2.73. The van der Waals surface area contributed by atoms with Crippen LogP contribution < -0.4 is 0 Å². The van der Waals surface area contributed by atoms with Gasteiger partial charge in [-0.2, -0.15) is 0 Å². The standard InChI is InChI=1S/C13H18FNO2/c1-4-13(2,17)12(16)15(3)9-10-6-5-7-11(14)8-10/h5-8,17H,4,9H2,1-3H3. The molecule has 0 heterocycles. The molecule has 17 heavy (non-hydrogen) atoms. The lowest BCUT2D eigenvalue weighted by Gasteiger charge is -2.27. The molecule has 1 unspecified atom stereocenters. The normalized spacial score (nSPS) is 14.2. The zero-order valence-corrected chi connectivity index (χ0v) is 10.4. The molecule has 1 atom stereocenters. The van der Waals surface area contributed by atoms with Gasteiger partial charge in [0, 0.05) is 13.6 Å². The van der Waals surface area contributed by atoms with Crippen molar-refractivity contribution in [1.29, 1.82) is 0 Å². The van der Waals surface area contributed by atoms with E-state index in [4.69, 9.17) is 0 Å². The molecule has 0 aromatic heterocycles. The molecule has 0 saturated carbocycles. The van der Waals surface area contributed by atoms with Crippen molar-refractivity contribution < 1.29 is 14.3 Å². The van der Waals surface area contributed by atoms with Crippen molar-refractivity contribution in [2.75, 3.05) is 7.05 Å². The number of hydrogen-bond acceptors (Lipinski definition) is 2. The van der Waals surface area contributed by atoms with Gasteiger partial charge < -0.3 is 10.0 Å². The zero-order chi connectivity index (χ0) is 13.1. The van der Waals surface area contributed by atoms with Crippen LogP contribution in [0.5, 0.6) is 0 Å². The Labute approximate surface area is 101 Å². The molecule has 1 aromatic carbocycles. The fourth-order valence-electron chi connectivity index (χ4n) is 1.54. The number of hydrogen-bond donors (Lipinski definition) is 1. The molecule has 3 nitrogen and oxygen atoms in total. The van der Waals surface area contributed by atoms with Crippen LogP contribution in [0.25, 0.3) is 0 Å². The highest BCUT2D eigenvalue weighted by Gasteiger charge is 2.30. The summed E-state index contributed by atoms with van der Waals surface area (Å²) in [7, 11) is 1.59. The van der Waals surface area contributed by atoms with Crippen molar-refractivity contribution in [2.24, 2.45) is 0 Å². The monoisotopic (exact) mass is 239 g/mol. The van der Waals surface area contributed by atoms with Crippen LogP contribution in [-0.4, -0.2) is 28.6 Å². The Morgan fingerprint density at radius 2 is 2.18 bits per heavy atom. The van der Waals surface area contributed by atoms with Gasteiger partial charge in [-0.3, -0.25) is 4.79 Å². The number of aliphatic hydroxyl groups is 1. The molecule has 0 aliphatic carbocycles.